The second-order valence-corrected chi connectivity index (χ2v) is 5.20. The summed E-state index contributed by atoms with van der Waals surface area (Å²) in [6, 6.07) is 5.71. The van der Waals surface area contributed by atoms with Gasteiger partial charge >= 0.3 is 0 Å². The molecule has 18 heavy (non-hydrogen) atoms. The Kier molecular flexibility index (Phi) is 4.19. The van der Waals surface area contributed by atoms with Crippen LogP contribution >= 0.6 is 11.8 Å². The number of carbonyl (C=O) groups is 1. The number of hydrogen-bond acceptors (Lipinski definition) is 4. The van der Waals surface area contributed by atoms with E-state index in [0.29, 0.717) is 5.69 Å². The zero-order valence-electron chi connectivity index (χ0n) is 9.94. The Balaban J connectivity index is 1.88. The molecule has 2 rings (SSSR count). The van der Waals surface area contributed by atoms with Crippen LogP contribution in [0.5, 0.6) is 0 Å². The summed E-state index contributed by atoms with van der Waals surface area (Å²) in [5, 5.41) is 6.38. The van der Waals surface area contributed by atoms with Crippen LogP contribution in [0.3, 0.4) is 0 Å². The number of nitrogens with zero attached hydrogens (tertiary/aromatic N) is 1. The second kappa shape index (κ2) is 5.86. The number of amides is 1. The summed E-state index contributed by atoms with van der Waals surface area (Å²) >= 11 is 1.39. The van der Waals surface area contributed by atoms with Gasteiger partial charge < -0.3 is 10.6 Å². The molecule has 0 aromatic heterocycles. The molecule has 0 radical (unpaired) electrons. The fourth-order valence-electron chi connectivity index (χ4n) is 1.45. The third-order valence-corrected chi connectivity index (χ3v) is 3.48. The van der Waals surface area contributed by atoms with Crippen molar-refractivity contribution >= 4 is 28.5 Å². The van der Waals surface area contributed by atoms with Crippen molar-refractivity contribution in [1.82, 2.24) is 5.32 Å². The van der Waals surface area contributed by atoms with Crippen molar-refractivity contribution in [2.24, 2.45) is 4.99 Å². The van der Waals surface area contributed by atoms with Crippen molar-refractivity contribution < 1.29 is 9.18 Å². The first-order valence-electron chi connectivity index (χ1n) is 5.66. The van der Waals surface area contributed by atoms with Gasteiger partial charge in [0.15, 0.2) is 5.17 Å². The minimum atomic E-state index is -0.320. The molecule has 1 aliphatic heterocycles. The van der Waals surface area contributed by atoms with Gasteiger partial charge in [0.1, 0.15) is 5.82 Å². The normalized spacial score (nSPS) is 15.8. The molecule has 1 atom stereocenters. The number of amidine groups is 1. The predicted molar refractivity (Wildman–Crippen MR) is 72.4 cm³/mol. The number of carbonyl (C=O) groups excluding carboxylic acids is 1. The van der Waals surface area contributed by atoms with Gasteiger partial charge in [-0.25, -0.2) is 4.39 Å². The maximum absolute atomic E-state index is 12.7. The molecule has 0 bridgehead atoms. The fraction of sp³-hybridized carbons (Fsp3) is 0.333. The SMILES string of the molecule is C[C@H](SC1=NCCN1)C(=O)Nc1ccc(F)cc1. The number of anilines is 1. The standard InChI is InChI=1S/C12H14FN3OS/c1-8(18-12-14-6-7-15-12)11(17)16-10-4-2-9(13)3-5-10/h2-5,8H,6-7H2,1H3,(H,14,15)(H,16,17)/t8-/m0/s1. The maximum Gasteiger partial charge on any atom is 0.237 e. The molecular weight excluding hydrogens is 253 g/mol. The van der Waals surface area contributed by atoms with Crippen molar-refractivity contribution in [3.63, 3.8) is 0 Å². The van der Waals surface area contributed by atoms with E-state index in [0.717, 1.165) is 18.3 Å². The molecule has 1 aromatic rings. The van der Waals surface area contributed by atoms with Gasteiger partial charge in [-0.3, -0.25) is 9.79 Å². The molecule has 2 N–H and O–H groups in total. The fourth-order valence-corrected chi connectivity index (χ4v) is 2.31. The van der Waals surface area contributed by atoms with Gasteiger partial charge in [0.2, 0.25) is 5.91 Å². The quantitative estimate of drug-likeness (QED) is 0.878. The molecule has 0 saturated heterocycles. The van der Waals surface area contributed by atoms with E-state index in [1.807, 2.05) is 6.92 Å². The van der Waals surface area contributed by atoms with Gasteiger partial charge in [-0.05, 0) is 31.2 Å². The Morgan fingerprint density at radius 1 is 1.50 bits per heavy atom. The van der Waals surface area contributed by atoms with Crippen LogP contribution in [0, 0.1) is 5.82 Å². The highest BCUT2D eigenvalue weighted by molar-refractivity contribution is 8.14. The molecule has 0 fully saturated rings. The maximum atomic E-state index is 12.7. The first-order chi connectivity index (χ1) is 8.65. The number of benzene rings is 1. The summed E-state index contributed by atoms with van der Waals surface area (Å²) in [6.45, 7) is 3.40. The van der Waals surface area contributed by atoms with Crippen LogP contribution in [-0.4, -0.2) is 29.4 Å². The van der Waals surface area contributed by atoms with Gasteiger partial charge in [0, 0.05) is 12.2 Å². The number of hydrogen-bond donors (Lipinski definition) is 2. The van der Waals surface area contributed by atoms with E-state index in [2.05, 4.69) is 15.6 Å². The predicted octanol–water partition coefficient (Wildman–Crippen LogP) is 1.85. The number of thioether (sulfide) groups is 1. The van der Waals surface area contributed by atoms with Crippen LogP contribution in [0.2, 0.25) is 0 Å². The van der Waals surface area contributed by atoms with Crippen LogP contribution in [0.25, 0.3) is 0 Å². The van der Waals surface area contributed by atoms with Gasteiger partial charge in [0.05, 0.1) is 11.8 Å². The molecule has 0 aliphatic carbocycles. The molecule has 1 aliphatic rings. The zero-order valence-corrected chi connectivity index (χ0v) is 10.8. The van der Waals surface area contributed by atoms with Crippen molar-refractivity contribution in [2.45, 2.75) is 12.2 Å². The molecule has 1 amide bonds. The average molecular weight is 267 g/mol. The lowest BCUT2D eigenvalue weighted by molar-refractivity contribution is -0.115. The summed E-state index contributed by atoms with van der Waals surface area (Å²) in [6.07, 6.45) is 0. The van der Waals surface area contributed by atoms with E-state index < -0.39 is 0 Å². The third-order valence-electron chi connectivity index (χ3n) is 2.41. The zero-order chi connectivity index (χ0) is 13.0. The van der Waals surface area contributed by atoms with Crippen LogP contribution < -0.4 is 10.6 Å². The van der Waals surface area contributed by atoms with Crippen LogP contribution in [0.15, 0.2) is 29.3 Å². The number of rotatable bonds is 3. The lowest BCUT2D eigenvalue weighted by Gasteiger charge is -2.11. The van der Waals surface area contributed by atoms with Crippen molar-refractivity contribution in [3.8, 4) is 0 Å². The molecule has 4 nitrogen and oxygen atoms in total. The highest BCUT2D eigenvalue weighted by atomic mass is 32.2. The average Bonchev–Trinajstić information content (AvgIpc) is 2.85. The topological polar surface area (TPSA) is 53.5 Å². The van der Waals surface area contributed by atoms with Crippen molar-refractivity contribution in [2.75, 3.05) is 18.4 Å². The van der Waals surface area contributed by atoms with Crippen LogP contribution in [0.1, 0.15) is 6.92 Å². The summed E-state index contributed by atoms with van der Waals surface area (Å²) in [5.41, 5.74) is 0.593. The van der Waals surface area contributed by atoms with Gasteiger partial charge in [0.25, 0.3) is 0 Å². The minimum absolute atomic E-state index is 0.122. The van der Waals surface area contributed by atoms with Crippen molar-refractivity contribution in [3.05, 3.63) is 30.1 Å². The van der Waals surface area contributed by atoms with Gasteiger partial charge in [-0.1, -0.05) is 11.8 Å². The lowest BCUT2D eigenvalue weighted by atomic mass is 10.3. The highest BCUT2D eigenvalue weighted by Crippen LogP contribution is 2.16. The molecular formula is C12H14FN3OS. The lowest BCUT2D eigenvalue weighted by Crippen LogP contribution is -2.26. The van der Waals surface area contributed by atoms with E-state index in [4.69, 9.17) is 0 Å². The summed E-state index contributed by atoms with van der Waals surface area (Å²) in [7, 11) is 0. The summed E-state index contributed by atoms with van der Waals surface area (Å²) < 4.78 is 12.7. The monoisotopic (exact) mass is 267 g/mol. The molecule has 0 saturated carbocycles. The van der Waals surface area contributed by atoms with E-state index >= 15 is 0 Å². The first-order valence-corrected chi connectivity index (χ1v) is 6.54. The summed E-state index contributed by atoms with van der Waals surface area (Å²) in [4.78, 5) is 16.1. The molecule has 1 heterocycles. The van der Waals surface area contributed by atoms with Crippen LogP contribution in [0.4, 0.5) is 10.1 Å². The van der Waals surface area contributed by atoms with E-state index in [1.165, 1.54) is 36.0 Å². The van der Waals surface area contributed by atoms with E-state index in [-0.39, 0.29) is 17.0 Å². The van der Waals surface area contributed by atoms with Crippen LogP contribution in [-0.2, 0) is 4.79 Å². The molecule has 0 spiro atoms. The van der Waals surface area contributed by atoms with E-state index in [9.17, 15) is 9.18 Å². The largest absolute Gasteiger partial charge is 0.363 e. The molecule has 96 valence electrons. The number of halogens is 1. The smallest absolute Gasteiger partial charge is 0.237 e. The molecule has 6 heteroatoms. The number of aliphatic imine (C=N–C) groups is 1. The Bertz CT molecular complexity index is 461. The Morgan fingerprint density at radius 3 is 2.83 bits per heavy atom. The van der Waals surface area contributed by atoms with Crippen molar-refractivity contribution in [1.29, 1.82) is 0 Å². The Labute approximate surface area is 109 Å². The summed E-state index contributed by atoms with van der Waals surface area (Å²) in [5.74, 6) is -0.442. The number of nitrogens with one attached hydrogen (secondary N) is 2. The van der Waals surface area contributed by atoms with E-state index in [1.54, 1.807) is 0 Å². The highest BCUT2D eigenvalue weighted by Gasteiger charge is 2.18. The Morgan fingerprint density at radius 2 is 2.22 bits per heavy atom. The third kappa shape index (κ3) is 3.46. The van der Waals surface area contributed by atoms with Gasteiger partial charge in [-0.15, -0.1) is 0 Å². The molecule has 1 aromatic carbocycles. The van der Waals surface area contributed by atoms with Gasteiger partial charge in [-0.2, -0.15) is 0 Å². The molecule has 0 unspecified atom stereocenters. The Hall–Kier alpha value is -1.56. The second-order valence-electron chi connectivity index (χ2n) is 3.87. The minimum Gasteiger partial charge on any atom is -0.363 e. The first kappa shape index (κ1) is 12.9.